The number of halogens is 2. The van der Waals surface area contributed by atoms with E-state index in [2.05, 4.69) is 15.6 Å². The maximum absolute atomic E-state index is 6.31. The molecule has 10 heteroatoms. The van der Waals surface area contributed by atoms with Crippen LogP contribution in [0, 0.1) is 4.77 Å². The lowest BCUT2D eigenvalue weighted by atomic mass is 10.1. The Labute approximate surface area is 212 Å². The van der Waals surface area contributed by atoms with Crippen molar-refractivity contribution >= 4 is 35.4 Å². The van der Waals surface area contributed by atoms with Crippen LogP contribution in [0.1, 0.15) is 11.1 Å². The summed E-state index contributed by atoms with van der Waals surface area (Å²) in [5.41, 5.74) is 5.79. The summed E-state index contributed by atoms with van der Waals surface area (Å²) in [7, 11) is 3.21. The summed E-state index contributed by atoms with van der Waals surface area (Å²) in [4.78, 5) is 0. The quantitative estimate of drug-likeness (QED) is 0.256. The highest BCUT2D eigenvalue weighted by Gasteiger charge is 2.16. The van der Waals surface area contributed by atoms with Gasteiger partial charge in [-0.15, -0.1) is 0 Å². The Morgan fingerprint density at radius 1 is 0.971 bits per heavy atom. The number of hydrogen-bond acceptors (Lipinski definition) is 6. The Hall–Kier alpha value is -3.20. The van der Waals surface area contributed by atoms with Crippen molar-refractivity contribution in [3.63, 3.8) is 0 Å². The smallest absolute Gasteiger partial charge is 0.214 e. The van der Waals surface area contributed by atoms with E-state index in [9.17, 15) is 0 Å². The number of ether oxygens (including phenoxy) is 3. The van der Waals surface area contributed by atoms with Crippen LogP contribution in [0.3, 0.4) is 0 Å². The molecule has 0 aliphatic carbocycles. The number of benzene rings is 3. The zero-order valence-electron chi connectivity index (χ0n) is 18.5. The number of rotatable bonds is 9. The first-order valence-electron chi connectivity index (χ1n) is 10.3. The molecular formula is C24H22Cl2N4O3S. The molecule has 0 amide bonds. The van der Waals surface area contributed by atoms with Gasteiger partial charge in [0, 0.05) is 21.2 Å². The van der Waals surface area contributed by atoms with Gasteiger partial charge in [0.25, 0.3) is 0 Å². The van der Waals surface area contributed by atoms with E-state index < -0.39 is 0 Å². The Morgan fingerprint density at radius 2 is 1.74 bits per heavy atom. The van der Waals surface area contributed by atoms with E-state index in [1.54, 1.807) is 31.0 Å². The molecule has 1 aromatic heterocycles. The van der Waals surface area contributed by atoms with E-state index in [4.69, 9.17) is 49.6 Å². The van der Waals surface area contributed by atoms with Crippen LogP contribution in [0.25, 0.3) is 11.4 Å². The van der Waals surface area contributed by atoms with Crippen molar-refractivity contribution in [2.75, 3.05) is 19.6 Å². The molecule has 0 aliphatic rings. The van der Waals surface area contributed by atoms with Gasteiger partial charge in [0.2, 0.25) is 4.77 Å². The minimum absolute atomic E-state index is 0.251. The summed E-state index contributed by atoms with van der Waals surface area (Å²) >= 11 is 17.8. The molecular weight excluding hydrogens is 495 g/mol. The molecule has 0 unspecified atom stereocenters. The van der Waals surface area contributed by atoms with Gasteiger partial charge in [0.15, 0.2) is 17.3 Å². The fourth-order valence-corrected chi connectivity index (χ4v) is 4.09. The topological polar surface area (TPSA) is 73.3 Å². The molecule has 0 saturated heterocycles. The molecule has 0 fully saturated rings. The van der Waals surface area contributed by atoms with E-state index >= 15 is 0 Å². The Kier molecular flexibility index (Phi) is 7.62. The summed E-state index contributed by atoms with van der Waals surface area (Å²) in [5, 5.41) is 8.32. The Bertz CT molecular complexity index is 1360. The van der Waals surface area contributed by atoms with E-state index in [-0.39, 0.29) is 6.61 Å². The van der Waals surface area contributed by atoms with Crippen molar-refractivity contribution < 1.29 is 14.2 Å². The number of para-hydroxylation sites is 2. The first kappa shape index (κ1) is 23.9. The highest BCUT2D eigenvalue weighted by atomic mass is 35.5. The van der Waals surface area contributed by atoms with Gasteiger partial charge in [0.1, 0.15) is 12.4 Å². The highest BCUT2D eigenvalue weighted by Crippen LogP contribution is 2.33. The van der Waals surface area contributed by atoms with Crippen LogP contribution < -0.4 is 19.6 Å². The highest BCUT2D eigenvalue weighted by molar-refractivity contribution is 7.71. The molecule has 176 valence electrons. The maximum Gasteiger partial charge on any atom is 0.214 e. The molecule has 0 spiro atoms. The van der Waals surface area contributed by atoms with Crippen LogP contribution in [-0.2, 0) is 13.2 Å². The van der Waals surface area contributed by atoms with Crippen molar-refractivity contribution in [3.05, 3.63) is 86.6 Å². The van der Waals surface area contributed by atoms with Gasteiger partial charge >= 0.3 is 0 Å². The molecule has 1 heterocycles. The summed E-state index contributed by atoms with van der Waals surface area (Å²) in [6.45, 7) is 0.637. The van der Waals surface area contributed by atoms with Crippen LogP contribution in [0.2, 0.25) is 10.0 Å². The average molecular weight is 517 g/mol. The fraction of sp³-hybridized carbons (Fsp3) is 0.167. The molecule has 0 saturated carbocycles. The second kappa shape index (κ2) is 10.8. The van der Waals surface area contributed by atoms with E-state index in [1.807, 2.05) is 48.5 Å². The minimum atomic E-state index is 0.251. The first-order valence-corrected chi connectivity index (χ1v) is 11.5. The van der Waals surface area contributed by atoms with Gasteiger partial charge in [-0.05, 0) is 42.5 Å². The van der Waals surface area contributed by atoms with E-state index in [1.165, 1.54) is 0 Å². The van der Waals surface area contributed by atoms with Gasteiger partial charge < -0.3 is 19.6 Å². The third-order valence-corrected chi connectivity index (χ3v) is 5.98. The minimum Gasteiger partial charge on any atom is -0.496 e. The third kappa shape index (κ3) is 5.14. The molecule has 4 rings (SSSR count). The molecule has 0 radical (unpaired) electrons. The predicted octanol–water partition coefficient (Wildman–Crippen LogP) is 6.25. The third-order valence-electron chi connectivity index (χ3n) is 5.12. The Balaban J connectivity index is 1.60. The van der Waals surface area contributed by atoms with Gasteiger partial charge in [0.05, 0.1) is 26.3 Å². The van der Waals surface area contributed by atoms with Crippen LogP contribution in [-0.4, -0.2) is 29.1 Å². The zero-order chi connectivity index (χ0) is 24.1. The van der Waals surface area contributed by atoms with Crippen LogP contribution in [0.5, 0.6) is 17.2 Å². The first-order chi connectivity index (χ1) is 16.5. The van der Waals surface area contributed by atoms with Gasteiger partial charge in [-0.3, -0.25) is 0 Å². The zero-order valence-corrected chi connectivity index (χ0v) is 20.8. The lowest BCUT2D eigenvalue weighted by molar-refractivity contribution is 0.281. The van der Waals surface area contributed by atoms with Crippen molar-refractivity contribution in [3.8, 4) is 28.6 Å². The molecule has 0 aliphatic heterocycles. The molecule has 34 heavy (non-hydrogen) atoms. The average Bonchev–Trinajstić information content (AvgIpc) is 3.22. The molecule has 0 atom stereocenters. The lowest BCUT2D eigenvalue weighted by Crippen LogP contribution is -2.17. The number of aromatic amines is 1. The largest absolute Gasteiger partial charge is 0.496 e. The standard InChI is InChI=1S/C24H22Cl2N4O3S/c1-31-20-8-4-3-7-18(20)23-28-29-24(34)30(23)27-13-15-6-5-9-21(32-2)22(15)33-14-16-10-11-17(25)12-19(16)26/h3-12,27H,13-14H2,1-2H3,(H,29,34). The van der Waals surface area contributed by atoms with Crippen molar-refractivity contribution in [2.45, 2.75) is 13.2 Å². The SMILES string of the molecule is COc1ccccc1-c1n[nH]c(=S)n1NCc1cccc(OC)c1OCc1ccc(Cl)cc1Cl. The second-order valence-electron chi connectivity index (χ2n) is 7.20. The van der Waals surface area contributed by atoms with Gasteiger partial charge in [-0.25, -0.2) is 9.77 Å². The molecule has 7 nitrogen and oxygen atoms in total. The number of nitrogens with zero attached hydrogens (tertiary/aromatic N) is 2. The van der Waals surface area contributed by atoms with Crippen molar-refractivity contribution in [2.24, 2.45) is 0 Å². The molecule has 3 aromatic carbocycles. The normalized spacial score (nSPS) is 10.7. The summed E-state index contributed by atoms with van der Waals surface area (Å²) in [5.74, 6) is 2.48. The van der Waals surface area contributed by atoms with E-state index in [0.29, 0.717) is 44.4 Å². The maximum atomic E-state index is 6.31. The number of aromatic nitrogens is 3. The Morgan fingerprint density at radius 3 is 2.50 bits per heavy atom. The summed E-state index contributed by atoms with van der Waals surface area (Å²) in [6, 6.07) is 18.6. The van der Waals surface area contributed by atoms with E-state index in [0.717, 1.165) is 16.7 Å². The fourth-order valence-electron chi connectivity index (χ4n) is 3.43. The molecule has 2 N–H and O–H groups in total. The predicted molar refractivity (Wildman–Crippen MR) is 136 cm³/mol. The van der Waals surface area contributed by atoms with Crippen molar-refractivity contribution in [1.82, 2.24) is 14.9 Å². The van der Waals surface area contributed by atoms with Crippen molar-refractivity contribution in [1.29, 1.82) is 0 Å². The molecule has 4 aromatic rings. The van der Waals surface area contributed by atoms with Gasteiger partial charge in [-0.1, -0.05) is 53.5 Å². The number of hydrogen-bond donors (Lipinski definition) is 2. The van der Waals surface area contributed by atoms with Gasteiger partial charge in [-0.2, -0.15) is 5.10 Å². The monoisotopic (exact) mass is 516 g/mol. The lowest BCUT2D eigenvalue weighted by Gasteiger charge is -2.17. The van der Waals surface area contributed by atoms with Crippen LogP contribution >= 0.6 is 35.4 Å². The summed E-state index contributed by atoms with van der Waals surface area (Å²) < 4.78 is 19.3. The van der Waals surface area contributed by atoms with Crippen LogP contribution in [0.15, 0.2) is 60.7 Å². The number of nitrogens with one attached hydrogen (secondary N) is 2. The molecule has 0 bridgehead atoms. The summed E-state index contributed by atoms with van der Waals surface area (Å²) in [6.07, 6.45) is 0. The van der Waals surface area contributed by atoms with Crippen LogP contribution in [0.4, 0.5) is 0 Å². The number of H-pyrrole nitrogens is 1. The second-order valence-corrected chi connectivity index (χ2v) is 8.43. The number of methoxy groups -OCH3 is 2.